The molecule has 0 saturated heterocycles. The molecule has 0 atom stereocenters. The molecule has 2 aromatic heterocycles. The van der Waals surface area contributed by atoms with Crippen LogP contribution in [-0.2, 0) is 6.42 Å². The summed E-state index contributed by atoms with van der Waals surface area (Å²) < 4.78 is 0. The highest BCUT2D eigenvalue weighted by Crippen LogP contribution is 2.29. The second-order valence-corrected chi connectivity index (χ2v) is 4.76. The molecule has 0 aliphatic rings. The third kappa shape index (κ3) is 1.99. The van der Waals surface area contributed by atoms with Crippen molar-refractivity contribution in [3.05, 3.63) is 33.8 Å². The van der Waals surface area contributed by atoms with E-state index in [1.807, 2.05) is 0 Å². The third-order valence-corrected chi connectivity index (χ3v) is 3.77. The summed E-state index contributed by atoms with van der Waals surface area (Å²) in [7, 11) is 0. The SMILES string of the molecule is NCCc1cc(-c2cccs2)cs1. The van der Waals surface area contributed by atoms with E-state index in [9.17, 15) is 0 Å². The molecule has 13 heavy (non-hydrogen) atoms. The molecule has 2 rings (SSSR count). The van der Waals surface area contributed by atoms with Gasteiger partial charge in [0.25, 0.3) is 0 Å². The molecule has 0 aliphatic carbocycles. The van der Waals surface area contributed by atoms with Gasteiger partial charge in [-0.1, -0.05) is 6.07 Å². The van der Waals surface area contributed by atoms with Crippen LogP contribution in [-0.4, -0.2) is 6.54 Å². The summed E-state index contributed by atoms with van der Waals surface area (Å²) in [5, 5.41) is 4.31. The van der Waals surface area contributed by atoms with Gasteiger partial charge in [-0.05, 0) is 35.9 Å². The number of rotatable bonds is 3. The van der Waals surface area contributed by atoms with Crippen LogP contribution in [0.1, 0.15) is 4.88 Å². The van der Waals surface area contributed by atoms with E-state index in [0.29, 0.717) is 0 Å². The number of thiophene rings is 2. The summed E-state index contributed by atoms with van der Waals surface area (Å²) in [6.07, 6.45) is 0.996. The molecule has 0 unspecified atom stereocenters. The van der Waals surface area contributed by atoms with E-state index in [-0.39, 0.29) is 0 Å². The van der Waals surface area contributed by atoms with Gasteiger partial charge in [-0.3, -0.25) is 0 Å². The summed E-state index contributed by atoms with van der Waals surface area (Å²) >= 11 is 3.58. The Balaban J connectivity index is 2.23. The Morgan fingerprint density at radius 2 is 2.23 bits per heavy atom. The first-order valence-corrected chi connectivity index (χ1v) is 5.97. The van der Waals surface area contributed by atoms with E-state index in [1.54, 1.807) is 22.7 Å². The predicted molar refractivity (Wildman–Crippen MR) is 60.4 cm³/mol. The van der Waals surface area contributed by atoms with Gasteiger partial charge < -0.3 is 5.73 Å². The van der Waals surface area contributed by atoms with Gasteiger partial charge in [0, 0.05) is 15.3 Å². The molecule has 0 aliphatic heterocycles. The van der Waals surface area contributed by atoms with Crippen molar-refractivity contribution in [2.24, 2.45) is 5.73 Å². The van der Waals surface area contributed by atoms with Crippen molar-refractivity contribution in [1.29, 1.82) is 0 Å². The Kier molecular flexibility index (Phi) is 2.78. The van der Waals surface area contributed by atoms with Crippen molar-refractivity contribution in [2.45, 2.75) is 6.42 Å². The molecule has 0 bridgehead atoms. The van der Waals surface area contributed by atoms with E-state index >= 15 is 0 Å². The van der Waals surface area contributed by atoms with Gasteiger partial charge in [-0.2, -0.15) is 0 Å². The van der Waals surface area contributed by atoms with Gasteiger partial charge >= 0.3 is 0 Å². The molecule has 0 radical (unpaired) electrons. The molecule has 2 heterocycles. The Labute approximate surface area is 85.8 Å². The highest BCUT2D eigenvalue weighted by atomic mass is 32.1. The van der Waals surface area contributed by atoms with E-state index < -0.39 is 0 Å². The van der Waals surface area contributed by atoms with Crippen molar-refractivity contribution in [2.75, 3.05) is 6.54 Å². The second kappa shape index (κ2) is 4.05. The van der Waals surface area contributed by atoms with E-state index in [0.717, 1.165) is 13.0 Å². The Bertz CT molecular complexity index is 362. The van der Waals surface area contributed by atoms with Crippen molar-refractivity contribution in [1.82, 2.24) is 0 Å². The molecule has 0 fully saturated rings. The van der Waals surface area contributed by atoms with E-state index in [1.165, 1.54) is 15.3 Å². The zero-order chi connectivity index (χ0) is 9.10. The molecule has 68 valence electrons. The fourth-order valence-corrected chi connectivity index (χ4v) is 2.92. The average Bonchev–Trinajstić information content (AvgIpc) is 2.70. The van der Waals surface area contributed by atoms with Gasteiger partial charge in [0.1, 0.15) is 0 Å². The maximum atomic E-state index is 5.50. The minimum absolute atomic E-state index is 0.740. The van der Waals surface area contributed by atoms with Gasteiger partial charge in [0.2, 0.25) is 0 Å². The van der Waals surface area contributed by atoms with Gasteiger partial charge in [0.05, 0.1) is 0 Å². The quantitative estimate of drug-likeness (QED) is 0.826. The van der Waals surface area contributed by atoms with Crippen molar-refractivity contribution in [3.8, 4) is 10.4 Å². The van der Waals surface area contributed by atoms with Crippen LogP contribution in [0.5, 0.6) is 0 Å². The number of nitrogens with two attached hydrogens (primary N) is 1. The normalized spacial score (nSPS) is 10.5. The largest absolute Gasteiger partial charge is 0.330 e. The summed E-state index contributed by atoms with van der Waals surface area (Å²) in [6.45, 7) is 0.740. The Morgan fingerprint density at radius 1 is 1.31 bits per heavy atom. The number of hydrogen-bond donors (Lipinski definition) is 1. The molecule has 0 saturated carbocycles. The third-order valence-electron chi connectivity index (χ3n) is 1.85. The van der Waals surface area contributed by atoms with Crippen molar-refractivity contribution >= 4 is 22.7 Å². The summed E-state index contributed by atoms with van der Waals surface area (Å²) in [5.41, 5.74) is 6.83. The van der Waals surface area contributed by atoms with Gasteiger partial charge in [-0.25, -0.2) is 0 Å². The van der Waals surface area contributed by atoms with Crippen LogP contribution >= 0.6 is 22.7 Å². The smallest absolute Gasteiger partial charge is 0.0351 e. The fourth-order valence-electron chi connectivity index (χ4n) is 1.23. The molecule has 2 aromatic rings. The van der Waals surface area contributed by atoms with Crippen LogP contribution in [0.2, 0.25) is 0 Å². The minimum Gasteiger partial charge on any atom is -0.330 e. The van der Waals surface area contributed by atoms with Crippen LogP contribution in [0.3, 0.4) is 0 Å². The topological polar surface area (TPSA) is 26.0 Å². The van der Waals surface area contributed by atoms with Crippen molar-refractivity contribution < 1.29 is 0 Å². The first kappa shape index (κ1) is 8.94. The Hall–Kier alpha value is -0.640. The van der Waals surface area contributed by atoms with Crippen molar-refractivity contribution in [3.63, 3.8) is 0 Å². The maximum Gasteiger partial charge on any atom is 0.0351 e. The van der Waals surface area contributed by atoms with Crippen LogP contribution in [0.25, 0.3) is 10.4 Å². The highest BCUT2D eigenvalue weighted by molar-refractivity contribution is 7.14. The summed E-state index contributed by atoms with van der Waals surface area (Å²) in [5.74, 6) is 0. The lowest BCUT2D eigenvalue weighted by Gasteiger charge is -1.89. The summed E-state index contributed by atoms with van der Waals surface area (Å²) in [4.78, 5) is 2.73. The lowest BCUT2D eigenvalue weighted by atomic mass is 10.2. The van der Waals surface area contributed by atoms with Gasteiger partial charge in [0.15, 0.2) is 0 Å². The molecular formula is C10H11NS2. The zero-order valence-corrected chi connectivity index (χ0v) is 8.83. The van der Waals surface area contributed by atoms with Crippen LogP contribution in [0, 0.1) is 0 Å². The predicted octanol–water partition coefficient (Wildman–Crippen LogP) is 2.98. The molecule has 0 amide bonds. The molecule has 3 heteroatoms. The average molecular weight is 209 g/mol. The first-order valence-electron chi connectivity index (χ1n) is 4.21. The van der Waals surface area contributed by atoms with Crippen LogP contribution in [0.4, 0.5) is 0 Å². The lowest BCUT2D eigenvalue weighted by Crippen LogP contribution is -2.00. The zero-order valence-electron chi connectivity index (χ0n) is 7.19. The molecule has 2 N–H and O–H groups in total. The van der Waals surface area contributed by atoms with Crippen LogP contribution in [0.15, 0.2) is 29.0 Å². The van der Waals surface area contributed by atoms with Crippen LogP contribution < -0.4 is 5.73 Å². The first-order chi connectivity index (χ1) is 6.40. The second-order valence-electron chi connectivity index (χ2n) is 2.82. The molecular weight excluding hydrogens is 198 g/mol. The lowest BCUT2D eigenvalue weighted by molar-refractivity contribution is 0.989. The number of hydrogen-bond acceptors (Lipinski definition) is 3. The Morgan fingerprint density at radius 3 is 2.92 bits per heavy atom. The fraction of sp³-hybridized carbons (Fsp3) is 0.200. The monoisotopic (exact) mass is 209 g/mol. The standard InChI is InChI=1S/C10H11NS2/c11-4-3-9-6-8(7-13-9)10-2-1-5-12-10/h1-2,5-7H,3-4,11H2. The minimum atomic E-state index is 0.740. The molecule has 1 nitrogen and oxygen atoms in total. The maximum absolute atomic E-state index is 5.50. The molecule has 0 spiro atoms. The van der Waals surface area contributed by atoms with Gasteiger partial charge in [-0.15, -0.1) is 22.7 Å². The van der Waals surface area contributed by atoms with E-state index in [4.69, 9.17) is 5.73 Å². The highest BCUT2D eigenvalue weighted by Gasteiger charge is 2.01. The molecule has 0 aromatic carbocycles. The summed E-state index contributed by atoms with van der Waals surface area (Å²) in [6, 6.07) is 6.47. The van der Waals surface area contributed by atoms with E-state index in [2.05, 4.69) is 29.0 Å².